The summed E-state index contributed by atoms with van der Waals surface area (Å²) < 4.78 is 0. The summed E-state index contributed by atoms with van der Waals surface area (Å²) in [7, 11) is 0. The van der Waals surface area contributed by atoms with Gasteiger partial charge in [-0.1, -0.05) is 6.07 Å². The number of carbonyl (C=O) groups is 2. The van der Waals surface area contributed by atoms with E-state index in [9.17, 15) is 9.59 Å². The Morgan fingerprint density at radius 2 is 2.00 bits per heavy atom. The highest BCUT2D eigenvalue weighted by Gasteiger charge is 2.37. The highest BCUT2D eigenvalue weighted by Crippen LogP contribution is 2.28. The molecule has 2 N–H and O–H groups in total. The van der Waals surface area contributed by atoms with E-state index in [2.05, 4.69) is 10.2 Å². The Morgan fingerprint density at radius 1 is 1.20 bits per heavy atom. The molecule has 3 rings (SSSR count). The van der Waals surface area contributed by atoms with Gasteiger partial charge in [-0.3, -0.25) is 9.69 Å². The van der Waals surface area contributed by atoms with E-state index < -0.39 is 5.97 Å². The predicted molar refractivity (Wildman–Crippen MR) is 73.9 cm³/mol. The molecule has 2 fully saturated rings. The summed E-state index contributed by atoms with van der Waals surface area (Å²) in [5.41, 5.74) is 0.563. The highest BCUT2D eigenvalue weighted by atomic mass is 16.4. The van der Waals surface area contributed by atoms with Gasteiger partial charge in [0, 0.05) is 24.2 Å². The average molecular weight is 274 g/mol. The fraction of sp³-hybridized carbons (Fsp3) is 0.467. The number of nitrogens with one attached hydrogen (secondary N) is 1. The first-order valence-corrected chi connectivity index (χ1v) is 7.03. The van der Waals surface area contributed by atoms with E-state index in [1.807, 2.05) is 0 Å². The molecule has 0 aliphatic carbocycles. The second-order valence-corrected chi connectivity index (χ2v) is 5.50. The summed E-state index contributed by atoms with van der Waals surface area (Å²) in [6.07, 6.45) is 3.32. The number of carboxylic acids is 1. The number of fused-ring (bicyclic) bond motifs is 1. The zero-order valence-corrected chi connectivity index (χ0v) is 11.2. The van der Waals surface area contributed by atoms with Gasteiger partial charge in [-0.15, -0.1) is 0 Å². The normalized spacial score (nSPS) is 25.4. The molecular formula is C15H18N2O3. The van der Waals surface area contributed by atoms with E-state index in [-0.39, 0.29) is 17.5 Å². The monoisotopic (exact) mass is 274 g/mol. The second kappa shape index (κ2) is 5.25. The first-order chi connectivity index (χ1) is 9.65. The first kappa shape index (κ1) is 13.1. The van der Waals surface area contributed by atoms with Crippen molar-refractivity contribution >= 4 is 11.9 Å². The molecule has 2 aliphatic rings. The maximum Gasteiger partial charge on any atom is 0.335 e. The fourth-order valence-electron chi connectivity index (χ4n) is 3.30. The quantitative estimate of drug-likeness (QED) is 0.873. The predicted octanol–water partition coefficient (Wildman–Crippen LogP) is 1.35. The van der Waals surface area contributed by atoms with Gasteiger partial charge in [-0.2, -0.15) is 0 Å². The van der Waals surface area contributed by atoms with E-state index in [1.54, 1.807) is 12.1 Å². The Labute approximate surface area is 117 Å². The van der Waals surface area contributed by atoms with Crippen molar-refractivity contribution in [2.24, 2.45) is 0 Å². The van der Waals surface area contributed by atoms with Gasteiger partial charge in [0.25, 0.3) is 5.91 Å². The van der Waals surface area contributed by atoms with Gasteiger partial charge in [0.2, 0.25) is 0 Å². The van der Waals surface area contributed by atoms with Crippen molar-refractivity contribution in [2.45, 2.75) is 31.3 Å². The third-order valence-corrected chi connectivity index (χ3v) is 4.29. The molecule has 0 bridgehead atoms. The van der Waals surface area contributed by atoms with Crippen molar-refractivity contribution < 1.29 is 14.7 Å². The third kappa shape index (κ3) is 2.41. The number of hydrogen-bond acceptors (Lipinski definition) is 3. The number of carboxylic acid groups (broad SMARTS) is 1. The van der Waals surface area contributed by atoms with Crippen LogP contribution in [-0.4, -0.2) is 47.1 Å². The van der Waals surface area contributed by atoms with E-state index in [1.165, 1.54) is 18.6 Å². The molecule has 0 radical (unpaired) electrons. The zero-order chi connectivity index (χ0) is 14.1. The maximum absolute atomic E-state index is 12.2. The lowest BCUT2D eigenvalue weighted by molar-refractivity contribution is 0.0697. The smallest absolute Gasteiger partial charge is 0.335 e. The summed E-state index contributed by atoms with van der Waals surface area (Å²) in [6.45, 7) is 2.18. The third-order valence-electron chi connectivity index (χ3n) is 4.29. The van der Waals surface area contributed by atoms with Gasteiger partial charge in [0.05, 0.1) is 5.56 Å². The summed E-state index contributed by atoms with van der Waals surface area (Å²) in [4.78, 5) is 25.6. The van der Waals surface area contributed by atoms with Crippen molar-refractivity contribution in [1.29, 1.82) is 0 Å². The minimum absolute atomic E-state index is 0.145. The van der Waals surface area contributed by atoms with Crippen LogP contribution in [0.3, 0.4) is 0 Å². The highest BCUT2D eigenvalue weighted by molar-refractivity contribution is 5.97. The zero-order valence-electron chi connectivity index (χ0n) is 11.2. The lowest BCUT2D eigenvalue weighted by atomic mass is 10.1. The fourth-order valence-corrected chi connectivity index (χ4v) is 3.30. The summed E-state index contributed by atoms with van der Waals surface area (Å²) >= 11 is 0. The number of hydrogen-bond donors (Lipinski definition) is 2. The molecule has 0 saturated carbocycles. The van der Waals surface area contributed by atoms with Crippen LogP contribution in [0.25, 0.3) is 0 Å². The molecular weight excluding hydrogens is 256 g/mol. The lowest BCUT2D eigenvalue weighted by Gasteiger charge is -2.21. The maximum atomic E-state index is 12.2. The second-order valence-electron chi connectivity index (χ2n) is 5.50. The molecule has 5 heteroatoms. The number of benzene rings is 1. The van der Waals surface area contributed by atoms with E-state index in [0.29, 0.717) is 11.6 Å². The van der Waals surface area contributed by atoms with E-state index >= 15 is 0 Å². The Balaban J connectivity index is 1.70. The molecule has 2 saturated heterocycles. The average Bonchev–Trinajstić information content (AvgIpc) is 3.04. The molecule has 20 heavy (non-hydrogen) atoms. The summed E-state index contributed by atoms with van der Waals surface area (Å²) in [5.74, 6) is -1.19. The molecule has 2 heterocycles. The van der Waals surface area contributed by atoms with Gasteiger partial charge in [-0.05, 0) is 44.0 Å². The van der Waals surface area contributed by atoms with Gasteiger partial charge in [0.1, 0.15) is 0 Å². The van der Waals surface area contributed by atoms with Crippen LogP contribution < -0.4 is 5.32 Å². The molecule has 2 atom stereocenters. The van der Waals surface area contributed by atoms with Crippen LogP contribution in [0, 0.1) is 0 Å². The van der Waals surface area contributed by atoms with Crippen LogP contribution in [0.2, 0.25) is 0 Å². The van der Waals surface area contributed by atoms with E-state index in [4.69, 9.17) is 5.11 Å². The first-order valence-electron chi connectivity index (χ1n) is 7.03. The van der Waals surface area contributed by atoms with Crippen LogP contribution in [0.5, 0.6) is 0 Å². The molecule has 0 spiro atoms. The lowest BCUT2D eigenvalue weighted by Crippen LogP contribution is -2.42. The van der Waals surface area contributed by atoms with Crippen molar-refractivity contribution in [3.63, 3.8) is 0 Å². The van der Waals surface area contributed by atoms with Crippen molar-refractivity contribution in [3.8, 4) is 0 Å². The Morgan fingerprint density at radius 3 is 2.80 bits per heavy atom. The van der Waals surface area contributed by atoms with Gasteiger partial charge >= 0.3 is 5.97 Å². The van der Waals surface area contributed by atoms with Crippen LogP contribution in [0.1, 0.15) is 40.0 Å². The number of aromatic carboxylic acids is 1. The number of carbonyl (C=O) groups excluding carboxylic acids is 1. The summed E-state index contributed by atoms with van der Waals surface area (Å²) in [6, 6.07) is 6.84. The van der Waals surface area contributed by atoms with E-state index in [0.717, 1.165) is 25.9 Å². The molecule has 2 unspecified atom stereocenters. The number of nitrogens with zero attached hydrogens (tertiary/aromatic N) is 1. The van der Waals surface area contributed by atoms with Crippen LogP contribution in [-0.2, 0) is 0 Å². The minimum Gasteiger partial charge on any atom is -0.478 e. The van der Waals surface area contributed by atoms with Crippen molar-refractivity contribution in [3.05, 3.63) is 35.4 Å². The molecule has 0 aromatic heterocycles. The van der Waals surface area contributed by atoms with Gasteiger partial charge in [-0.25, -0.2) is 4.79 Å². The molecule has 1 aromatic carbocycles. The van der Waals surface area contributed by atoms with Gasteiger partial charge < -0.3 is 10.4 Å². The molecule has 106 valence electrons. The molecule has 5 nitrogen and oxygen atoms in total. The van der Waals surface area contributed by atoms with Crippen LogP contribution >= 0.6 is 0 Å². The van der Waals surface area contributed by atoms with Crippen molar-refractivity contribution in [1.82, 2.24) is 10.2 Å². The molecule has 1 amide bonds. The topological polar surface area (TPSA) is 69.6 Å². The molecule has 2 aliphatic heterocycles. The van der Waals surface area contributed by atoms with Crippen LogP contribution in [0.4, 0.5) is 0 Å². The number of amides is 1. The SMILES string of the molecule is O=C(O)c1cccc(C(=O)NC2CCN3CCCC23)c1. The summed E-state index contributed by atoms with van der Waals surface area (Å²) in [5, 5.41) is 12.0. The standard InChI is InChI=1S/C15H18N2O3/c18-14(10-3-1-4-11(9-10)15(19)20)16-12-6-8-17-7-2-5-13(12)17/h1,3-4,9,12-13H,2,5-8H2,(H,16,18)(H,19,20). The van der Waals surface area contributed by atoms with Gasteiger partial charge in [0.15, 0.2) is 0 Å². The number of rotatable bonds is 3. The van der Waals surface area contributed by atoms with Crippen LogP contribution in [0.15, 0.2) is 24.3 Å². The largest absolute Gasteiger partial charge is 0.478 e. The Kier molecular flexibility index (Phi) is 3.44. The Hall–Kier alpha value is -1.88. The Bertz CT molecular complexity index is 544. The minimum atomic E-state index is -1.01. The molecule has 1 aromatic rings. The van der Waals surface area contributed by atoms with Crippen molar-refractivity contribution in [2.75, 3.05) is 13.1 Å².